The van der Waals surface area contributed by atoms with Crippen molar-refractivity contribution in [2.45, 2.75) is 31.7 Å². The zero-order valence-corrected chi connectivity index (χ0v) is 12.2. The molecule has 0 aliphatic rings. The molecule has 0 aliphatic carbocycles. The van der Waals surface area contributed by atoms with E-state index in [9.17, 15) is 19.2 Å². The Morgan fingerprint density at radius 3 is 1.62 bits per heavy atom. The van der Waals surface area contributed by atoms with Crippen LogP contribution in [0.3, 0.4) is 0 Å². The second-order valence-electron chi connectivity index (χ2n) is 3.85. The Labute approximate surface area is 125 Å². The highest BCUT2D eigenvalue weighted by Gasteiger charge is 2.11. The van der Waals surface area contributed by atoms with Crippen molar-refractivity contribution in [2.24, 2.45) is 11.5 Å². The lowest BCUT2D eigenvalue weighted by Crippen LogP contribution is -2.31. The fourth-order valence-electron chi connectivity index (χ4n) is 0.842. The van der Waals surface area contributed by atoms with Gasteiger partial charge in [-0.1, -0.05) is 0 Å². The molecule has 0 aliphatic heterocycles. The molecule has 9 nitrogen and oxygen atoms in total. The Bertz CT molecular complexity index is 346. The van der Waals surface area contributed by atoms with Crippen LogP contribution >= 0.6 is 11.8 Å². The van der Waals surface area contributed by atoms with E-state index in [0.717, 1.165) is 0 Å². The third kappa shape index (κ3) is 20.7. The predicted octanol–water partition coefficient (Wildman–Crippen LogP) is -0.667. The van der Waals surface area contributed by atoms with Crippen molar-refractivity contribution >= 4 is 35.6 Å². The predicted molar refractivity (Wildman–Crippen MR) is 75.9 cm³/mol. The van der Waals surface area contributed by atoms with E-state index in [1.807, 2.05) is 0 Å². The van der Waals surface area contributed by atoms with Gasteiger partial charge in [0.15, 0.2) is 0 Å². The Morgan fingerprint density at radius 1 is 0.905 bits per heavy atom. The minimum Gasteiger partial charge on any atom is -0.481 e. The summed E-state index contributed by atoms with van der Waals surface area (Å²) >= 11 is 1.35. The molecule has 0 unspecified atom stereocenters. The van der Waals surface area contributed by atoms with Crippen LogP contribution in [0, 0.1) is 0 Å². The van der Waals surface area contributed by atoms with Gasteiger partial charge in [0.2, 0.25) is 5.91 Å². The van der Waals surface area contributed by atoms with E-state index < -0.39 is 29.9 Å². The molecule has 1 amide bonds. The van der Waals surface area contributed by atoms with E-state index in [2.05, 4.69) is 0 Å². The van der Waals surface area contributed by atoms with Gasteiger partial charge in [-0.05, 0) is 6.42 Å². The first kappa shape index (κ1) is 21.5. The normalized spacial score (nSPS) is 10.9. The molecule has 1 atom stereocenters. The van der Waals surface area contributed by atoms with Gasteiger partial charge in [0.1, 0.15) is 6.04 Å². The standard InChI is InChI=1S/C6H10O4S.C5H10N2O3/c7-5(8)1-3-11-4-2-6(9)10;6-3(5(9)10)1-2-4(7)8/h1-4H2,(H,7,8)(H,9,10);3H,1-2,6H2,(H2,7,8)(H,9,10)/t;3-/m.1/s1. The SMILES string of the molecule is NC(=O)CC[C@@H](N)C(=O)O.O=C(O)CCSCCC(=O)O. The molecule has 7 N–H and O–H groups in total. The molecule has 122 valence electrons. The number of amides is 1. The Kier molecular flexibility index (Phi) is 13.5. The molecule has 0 aromatic heterocycles. The third-order valence-corrected chi connectivity index (χ3v) is 2.93. The number of hydrogen-bond donors (Lipinski definition) is 5. The Hall–Kier alpha value is -1.81. The van der Waals surface area contributed by atoms with E-state index >= 15 is 0 Å². The largest absolute Gasteiger partial charge is 0.481 e. The van der Waals surface area contributed by atoms with Crippen LogP contribution < -0.4 is 11.5 Å². The van der Waals surface area contributed by atoms with Crippen LogP contribution in [0.2, 0.25) is 0 Å². The highest BCUT2D eigenvalue weighted by Crippen LogP contribution is 2.03. The molecule has 0 rings (SSSR count). The molecule has 0 bridgehead atoms. The van der Waals surface area contributed by atoms with Crippen molar-refractivity contribution in [1.82, 2.24) is 0 Å². The third-order valence-electron chi connectivity index (χ3n) is 1.94. The van der Waals surface area contributed by atoms with Crippen LogP contribution in [0.5, 0.6) is 0 Å². The maximum absolute atomic E-state index is 10.1. The number of carbonyl (C=O) groups excluding carboxylic acids is 1. The average Bonchev–Trinajstić information content (AvgIpc) is 2.35. The zero-order chi connectivity index (χ0) is 16.8. The van der Waals surface area contributed by atoms with Crippen molar-refractivity contribution in [2.75, 3.05) is 11.5 Å². The van der Waals surface area contributed by atoms with Gasteiger partial charge in [0.05, 0.1) is 12.8 Å². The molecule has 0 spiro atoms. The maximum atomic E-state index is 10.1. The maximum Gasteiger partial charge on any atom is 0.320 e. The smallest absolute Gasteiger partial charge is 0.320 e. The van der Waals surface area contributed by atoms with Gasteiger partial charge in [-0.2, -0.15) is 11.8 Å². The number of thioether (sulfide) groups is 1. The van der Waals surface area contributed by atoms with Gasteiger partial charge in [-0.25, -0.2) is 0 Å². The lowest BCUT2D eigenvalue weighted by molar-refractivity contribution is -0.139. The van der Waals surface area contributed by atoms with Crippen LogP contribution in [0.4, 0.5) is 0 Å². The summed E-state index contributed by atoms with van der Waals surface area (Å²) in [6.45, 7) is 0. The molecular weight excluding hydrogens is 304 g/mol. The molecular formula is C11H20N2O7S. The number of rotatable bonds is 10. The molecule has 21 heavy (non-hydrogen) atoms. The Balaban J connectivity index is 0. The number of aliphatic carboxylic acids is 3. The van der Waals surface area contributed by atoms with Gasteiger partial charge >= 0.3 is 17.9 Å². The first-order chi connectivity index (χ1) is 9.66. The lowest BCUT2D eigenvalue weighted by Gasteiger charge is -2.01. The minimum atomic E-state index is -1.11. The average molecular weight is 324 g/mol. The summed E-state index contributed by atoms with van der Waals surface area (Å²) < 4.78 is 0. The summed E-state index contributed by atoms with van der Waals surface area (Å²) in [6.07, 6.45) is 0.326. The number of hydrogen-bond acceptors (Lipinski definition) is 6. The second kappa shape index (κ2) is 13.2. The van der Waals surface area contributed by atoms with E-state index in [0.29, 0.717) is 11.5 Å². The van der Waals surface area contributed by atoms with Crippen LogP contribution in [0.15, 0.2) is 0 Å². The fourth-order valence-corrected chi connectivity index (χ4v) is 1.68. The topological polar surface area (TPSA) is 181 Å². The summed E-state index contributed by atoms with van der Waals surface area (Å²) in [5, 5.41) is 24.6. The number of primary amides is 1. The van der Waals surface area contributed by atoms with Crippen molar-refractivity contribution in [1.29, 1.82) is 0 Å². The van der Waals surface area contributed by atoms with Crippen LogP contribution in [0.25, 0.3) is 0 Å². The quantitative estimate of drug-likeness (QED) is 0.325. The minimum absolute atomic E-state index is 0.0213. The van der Waals surface area contributed by atoms with Crippen LogP contribution in [-0.4, -0.2) is 56.7 Å². The first-order valence-electron chi connectivity index (χ1n) is 5.94. The van der Waals surface area contributed by atoms with E-state index in [1.54, 1.807) is 0 Å². The van der Waals surface area contributed by atoms with Gasteiger partial charge < -0.3 is 26.8 Å². The number of carbonyl (C=O) groups is 4. The molecule has 0 fully saturated rings. The van der Waals surface area contributed by atoms with Crippen LogP contribution in [-0.2, 0) is 19.2 Å². The molecule has 0 aromatic rings. The summed E-state index contributed by atoms with van der Waals surface area (Å²) in [5.74, 6) is -2.34. The molecule has 0 radical (unpaired) electrons. The van der Waals surface area contributed by atoms with Crippen molar-refractivity contribution in [3.8, 4) is 0 Å². The van der Waals surface area contributed by atoms with E-state index in [1.165, 1.54) is 11.8 Å². The van der Waals surface area contributed by atoms with Gasteiger partial charge in [-0.3, -0.25) is 19.2 Å². The van der Waals surface area contributed by atoms with Crippen molar-refractivity contribution < 1.29 is 34.5 Å². The van der Waals surface area contributed by atoms with Crippen molar-refractivity contribution in [3.63, 3.8) is 0 Å². The highest BCUT2D eigenvalue weighted by atomic mass is 32.2. The monoisotopic (exact) mass is 324 g/mol. The number of carboxylic acids is 3. The van der Waals surface area contributed by atoms with E-state index in [4.69, 9.17) is 26.8 Å². The lowest BCUT2D eigenvalue weighted by atomic mass is 10.2. The fraction of sp³-hybridized carbons (Fsp3) is 0.636. The highest BCUT2D eigenvalue weighted by molar-refractivity contribution is 7.99. The Morgan fingerprint density at radius 2 is 1.33 bits per heavy atom. The van der Waals surface area contributed by atoms with E-state index in [-0.39, 0.29) is 25.7 Å². The zero-order valence-electron chi connectivity index (χ0n) is 11.4. The number of carboxylic acid groups (broad SMARTS) is 3. The summed E-state index contributed by atoms with van der Waals surface area (Å²) in [7, 11) is 0. The first-order valence-corrected chi connectivity index (χ1v) is 7.10. The van der Waals surface area contributed by atoms with Gasteiger partial charge in [0, 0.05) is 17.9 Å². The van der Waals surface area contributed by atoms with Crippen LogP contribution in [0.1, 0.15) is 25.7 Å². The molecule has 10 heteroatoms. The number of nitrogens with two attached hydrogens (primary N) is 2. The van der Waals surface area contributed by atoms with Gasteiger partial charge in [0.25, 0.3) is 0 Å². The second-order valence-corrected chi connectivity index (χ2v) is 5.07. The molecule has 0 saturated heterocycles. The molecule has 0 aromatic carbocycles. The van der Waals surface area contributed by atoms with Gasteiger partial charge in [-0.15, -0.1) is 0 Å². The summed E-state index contributed by atoms with van der Waals surface area (Å²) in [6, 6.07) is -0.979. The molecule has 0 saturated carbocycles. The van der Waals surface area contributed by atoms with Crippen molar-refractivity contribution in [3.05, 3.63) is 0 Å². The molecule has 0 heterocycles. The summed E-state index contributed by atoms with van der Waals surface area (Å²) in [4.78, 5) is 40.1. The summed E-state index contributed by atoms with van der Waals surface area (Å²) in [5.41, 5.74) is 9.81.